The second-order valence-electron chi connectivity index (χ2n) is 3.75. The Morgan fingerprint density at radius 2 is 2.24 bits per heavy atom. The van der Waals surface area contributed by atoms with Gasteiger partial charge >= 0.3 is 0 Å². The highest BCUT2D eigenvalue weighted by atomic mass is 35.5. The van der Waals surface area contributed by atoms with Crippen molar-refractivity contribution in [1.82, 2.24) is 4.98 Å². The molecule has 0 amide bonds. The first kappa shape index (κ1) is 11.9. The predicted octanol–water partition coefficient (Wildman–Crippen LogP) is 3.43. The molecule has 1 aromatic carbocycles. The molecule has 2 nitrogen and oxygen atoms in total. The van der Waals surface area contributed by atoms with Gasteiger partial charge in [0.1, 0.15) is 11.3 Å². The van der Waals surface area contributed by atoms with E-state index in [1.165, 1.54) is 0 Å². The number of para-hydroxylation sites is 1. The topological polar surface area (TPSA) is 22.1 Å². The maximum Gasteiger partial charge on any atom is 0.135 e. The summed E-state index contributed by atoms with van der Waals surface area (Å²) >= 11 is 6.09. The number of hydrogen-bond acceptors (Lipinski definition) is 2. The zero-order valence-corrected chi connectivity index (χ0v) is 10.2. The highest BCUT2D eigenvalue weighted by molar-refractivity contribution is 6.30. The summed E-state index contributed by atoms with van der Waals surface area (Å²) in [7, 11) is 0. The Morgan fingerprint density at radius 3 is 3.00 bits per heavy atom. The number of terminal acetylenes is 1. The van der Waals surface area contributed by atoms with Crippen LogP contribution in [0.5, 0.6) is 0 Å². The molecule has 2 rings (SSSR count). The lowest BCUT2D eigenvalue weighted by Gasteiger charge is -2.09. The molecule has 3 heteroatoms. The first-order valence-corrected chi connectivity index (χ1v) is 5.70. The molecule has 17 heavy (non-hydrogen) atoms. The van der Waals surface area contributed by atoms with Crippen LogP contribution in [0.1, 0.15) is 12.5 Å². The summed E-state index contributed by atoms with van der Waals surface area (Å²) in [5, 5.41) is 1.51. The molecule has 1 atom stereocenters. The van der Waals surface area contributed by atoms with Gasteiger partial charge in [0.2, 0.25) is 0 Å². The highest BCUT2D eigenvalue weighted by Crippen LogP contribution is 2.21. The van der Waals surface area contributed by atoms with E-state index in [0.29, 0.717) is 11.8 Å². The van der Waals surface area contributed by atoms with Gasteiger partial charge in [-0.15, -0.1) is 6.42 Å². The van der Waals surface area contributed by atoms with Crippen LogP contribution in [0.2, 0.25) is 5.15 Å². The molecule has 0 bridgehead atoms. The highest BCUT2D eigenvalue weighted by Gasteiger charge is 2.06. The van der Waals surface area contributed by atoms with Crippen molar-refractivity contribution >= 4 is 22.5 Å². The number of halogens is 1. The zero-order valence-electron chi connectivity index (χ0n) is 9.48. The quantitative estimate of drug-likeness (QED) is 0.611. The van der Waals surface area contributed by atoms with E-state index in [1.54, 1.807) is 0 Å². The number of aromatic nitrogens is 1. The molecule has 0 aliphatic carbocycles. The molecule has 0 fully saturated rings. The number of ether oxygens (including phenoxy) is 1. The molecule has 0 spiro atoms. The standard InChI is InChI=1S/C14H12ClNO/c1-3-10(2)17-9-12-8-11-6-4-5-7-13(11)16-14(12)15/h1,4-8,10H,9H2,2H3. The van der Waals surface area contributed by atoms with Gasteiger partial charge < -0.3 is 4.74 Å². The van der Waals surface area contributed by atoms with Crippen LogP contribution in [0.15, 0.2) is 30.3 Å². The average Bonchev–Trinajstić information content (AvgIpc) is 2.35. The third kappa shape index (κ3) is 2.76. The molecule has 1 unspecified atom stereocenters. The first-order chi connectivity index (χ1) is 8.20. The lowest BCUT2D eigenvalue weighted by Crippen LogP contribution is -2.05. The maximum absolute atomic E-state index is 6.09. The van der Waals surface area contributed by atoms with Crippen molar-refractivity contribution in [3.8, 4) is 12.3 Å². The lowest BCUT2D eigenvalue weighted by molar-refractivity contribution is 0.0901. The van der Waals surface area contributed by atoms with Gasteiger partial charge in [-0.05, 0) is 19.1 Å². The van der Waals surface area contributed by atoms with Crippen molar-refractivity contribution in [1.29, 1.82) is 0 Å². The first-order valence-electron chi connectivity index (χ1n) is 5.32. The molecule has 0 aliphatic heterocycles. The van der Waals surface area contributed by atoms with E-state index in [9.17, 15) is 0 Å². The van der Waals surface area contributed by atoms with Gasteiger partial charge in [-0.2, -0.15) is 0 Å². The SMILES string of the molecule is C#CC(C)OCc1cc2ccccc2nc1Cl. The van der Waals surface area contributed by atoms with Crippen molar-refractivity contribution in [2.45, 2.75) is 19.6 Å². The molecule has 0 radical (unpaired) electrons. The Kier molecular flexibility index (Phi) is 3.63. The monoisotopic (exact) mass is 245 g/mol. The van der Waals surface area contributed by atoms with Crippen molar-refractivity contribution in [3.05, 3.63) is 41.0 Å². The van der Waals surface area contributed by atoms with E-state index in [0.717, 1.165) is 16.5 Å². The zero-order chi connectivity index (χ0) is 12.3. The number of nitrogens with zero attached hydrogens (tertiary/aromatic N) is 1. The number of fused-ring (bicyclic) bond motifs is 1. The van der Waals surface area contributed by atoms with Crippen molar-refractivity contribution < 1.29 is 4.74 Å². The minimum Gasteiger partial charge on any atom is -0.361 e. The third-order valence-electron chi connectivity index (χ3n) is 2.47. The fraction of sp³-hybridized carbons (Fsp3) is 0.214. The largest absolute Gasteiger partial charge is 0.361 e. The van der Waals surface area contributed by atoms with Gasteiger partial charge in [0.05, 0.1) is 12.1 Å². The van der Waals surface area contributed by atoms with Crippen LogP contribution in [-0.2, 0) is 11.3 Å². The number of hydrogen-bond donors (Lipinski definition) is 0. The Hall–Kier alpha value is -1.56. The summed E-state index contributed by atoms with van der Waals surface area (Å²) in [6.07, 6.45) is 5.02. The van der Waals surface area contributed by atoms with E-state index in [1.807, 2.05) is 37.3 Å². The maximum atomic E-state index is 6.09. The number of pyridine rings is 1. The summed E-state index contributed by atoms with van der Waals surface area (Å²) in [6, 6.07) is 9.80. The molecule has 0 N–H and O–H groups in total. The van der Waals surface area contributed by atoms with Crippen LogP contribution in [0.25, 0.3) is 10.9 Å². The van der Waals surface area contributed by atoms with E-state index in [-0.39, 0.29) is 6.10 Å². The van der Waals surface area contributed by atoms with Crippen LogP contribution in [-0.4, -0.2) is 11.1 Å². The molecular weight excluding hydrogens is 234 g/mol. The summed E-state index contributed by atoms with van der Waals surface area (Å²) in [4.78, 5) is 4.31. The fourth-order valence-corrected chi connectivity index (χ4v) is 1.70. The van der Waals surface area contributed by atoms with E-state index >= 15 is 0 Å². The average molecular weight is 246 g/mol. The second-order valence-corrected chi connectivity index (χ2v) is 4.11. The van der Waals surface area contributed by atoms with Crippen LogP contribution >= 0.6 is 11.6 Å². The van der Waals surface area contributed by atoms with Gasteiger partial charge in [0.15, 0.2) is 0 Å². The van der Waals surface area contributed by atoms with Gasteiger partial charge in [-0.3, -0.25) is 0 Å². The molecule has 1 aromatic heterocycles. The third-order valence-corrected chi connectivity index (χ3v) is 2.80. The molecule has 0 aliphatic rings. The molecule has 0 saturated heterocycles. The van der Waals surface area contributed by atoms with Gasteiger partial charge in [-0.1, -0.05) is 35.7 Å². The van der Waals surface area contributed by atoms with Crippen molar-refractivity contribution in [3.63, 3.8) is 0 Å². The summed E-state index contributed by atoms with van der Waals surface area (Å²) < 4.78 is 5.45. The molecule has 2 aromatic rings. The Labute approximate surface area is 106 Å². The minimum absolute atomic E-state index is 0.225. The Morgan fingerprint density at radius 1 is 1.47 bits per heavy atom. The van der Waals surface area contributed by atoms with Gasteiger partial charge in [-0.25, -0.2) is 4.98 Å². The lowest BCUT2D eigenvalue weighted by atomic mass is 10.2. The summed E-state index contributed by atoms with van der Waals surface area (Å²) in [6.45, 7) is 2.20. The fourth-order valence-electron chi connectivity index (χ4n) is 1.50. The van der Waals surface area contributed by atoms with Crippen LogP contribution in [0, 0.1) is 12.3 Å². The summed E-state index contributed by atoms with van der Waals surface area (Å²) in [5.41, 5.74) is 1.73. The van der Waals surface area contributed by atoms with E-state index in [2.05, 4.69) is 10.9 Å². The predicted molar refractivity (Wildman–Crippen MR) is 69.8 cm³/mol. The number of benzene rings is 1. The van der Waals surface area contributed by atoms with Gasteiger partial charge in [0.25, 0.3) is 0 Å². The minimum atomic E-state index is -0.225. The van der Waals surface area contributed by atoms with Crippen LogP contribution < -0.4 is 0 Å². The normalized spacial score (nSPS) is 12.3. The van der Waals surface area contributed by atoms with Crippen molar-refractivity contribution in [2.75, 3.05) is 0 Å². The van der Waals surface area contributed by atoms with Crippen molar-refractivity contribution in [2.24, 2.45) is 0 Å². The van der Waals surface area contributed by atoms with Gasteiger partial charge in [0, 0.05) is 10.9 Å². The molecule has 0 saturated carbocycles. The Bertz CT molecular complexity index is 574. The molecule has 86 valence electrons. The second kappa shape index (κ2) is 5.18. The number of rotatable bonds is 3. The summed E-state index contributed by atoms with van der Waals surface area (Å²) in [5.74, 6) is 2.51. The van der Waals surface area contributed by atoms with Crippen LogP contribution in [0.3, 0.4) is 0 Å². The smallest absolute Gasteiger partial charge is 0.135 e. The van der Waals surface area contributed by atoms with E-state index in [4.69, 9.17) is 22.8 Å². The molecule has 1 heterocycles. The Balaban J connectivity index is 2.28. The van der Waals surface area contributed by atoms with E-state index < -0.39 is 0 Å². The van der Waals surface area contributed by atoms with Crippen LogP contribution in [0.4, 0.5) is 0 Å². The molecular formula is C14H12ClNO.